The number of ether oxygens (including phenoxy) is 2. The summed E-state index contributed by atoms with van der Waals surface area (Å²) < 4.78 is 37.1. The summed E-state index contributed by atoms with van der Waals surface area (Å²) in [6.45, 7) is 0.840. The number of aliphatic hydroxyl groups excluding tert-OH is 1. The first-order valence-electron chi connectivity index (χ1n) is 5.68. The van der Waals surface area contributed by atoms with Gasteiger partial charge in [0.25, 0.3) is 5.92 Å². The predicted molar refractivity (Wildman–Crippen MR) is 64.5 cm³/mol. The second-order valence-electron chi connectivity index (χ2n) is 4.09. The third kappa shape index (κ3) is 3.32. The van der Waals surface area contributed by atoms with Crippen molar-refractivity contribution in [3.05, 3.63) is 23.3 Å². The number of aryl methyl sites for hydroxylation is 1. The molecule has 0 radical (unpaired) electrons. The second-order valence-corrected chi connectivity index (χ2v) is 4.09. The van der Waals surface area contributed by atoms with Gasteiger partial charge in [0, 0.05) is 13.5 Å². The number of halogens is 2. The van der Waals surface area contributed by atoms with E-state index in [0.717, 1.165) is 6.92 Å². The summed E-state index contributed by atoms with van der Waals surface area (Å²) in [7, 11) is 2.74. The highest BCUT2D eigenvalue weighted by Gasteiger charge is 2.31. The van der Waals surface area contributed by atoms with E-state index in [1.165, 1.54) is 20.3 Å². The minimum absolute atomic E-state index is 0.0200. The van der Waals surface area contributed by atoms with Crippen LogP contribution in [0, 0.1) is 0 Å². The van der Waals surface area contributed by atoms with Crippen molar-refractivity contribution in [2.75, 3.05) is 20.8 Å². The standard InChI is InChI=1S/C13H18F2O3/c1-13(14,15)10-7-9(5-4-6-16)8-11(17-2)12(10)18-3/h7-8,16H,4-6H2,1-3H3. The van der Waals surface area contributed by atoms with Crippen molar-refractivity contribution in [3.8, 4) is 11.5 Å². The van der Waals surface area contributed by atoms with Crippen molar-refractivity contribution in [1.82, 2.24) is 0 Å². The number of rotatable bonds is 6. The summed E-state index contributed by atoms with van der Waals surface area (Å²) in [6, 6.07) is 3.06. The van der Waals surface area contributed by atoms with Crippen LogP contribution in [-0.2, 0) is 12.3 Å². The van der Waals surface area contributed by atoms with Gasteiger partial charge in [-0.25, -0.2) is 8.78 Å². The Bertz CT molecular complexity index is 400. The molecule has 18 heavy (non-hydrogen) atoms. The molecule has 3 nitrogen and oxygen atoms in total. The molecule has 0 heterocycles. The molecule has 102 valence electrons. The topological polar surface area (TPSA) is 38.7 Å². The molecule has 0 atom stereocenters. The van der Waals surface area contributed by atoms with Gasteiger partial charge in [-0.2, -0.15) is 0 Å². The number of alkyl halides is 2. The number of hydrogen-bond acceptors (Lipinski definition) is 3. The van der Waals surface area contributed by atoms with Crippen molar-refractivity contribution < 1.29 is 23.4 Å². The van der Waals surface area contributed by atoms with Crippen LogP contribution in [0.1, 0.15) is 24.5 Å². The minimum atomic E-state index is -3.01. The first-order chi connectivity index (χ1) is 8.43. The average molecular weight is 260 g/mol. The zero-order valence-electron chi connectivity index (χ0n) is 10.8. The highest BCUT2D eigenvalue weighted by molar-refractivity contribution is 5.51. The van der Waals surface area contributed by atoms with Gasteiger partial charge in [0.15, 0.2) is 11.5 Å². The summed E-state index contributed by atoms with van der Waals surface area (Å²) in [4.78, 5) is 0. The zero-order chi connectivity index (χ0) is 13.8. The van der Waals surface area contributed by atoms with Crippen LogP contribution in [0.5, 0.6) is 11.5 Å². The van der Waals surface area contributed by atoms with Crippen molar-refractivity contribution in [2.24, 2.45) is 0 Å². The Labute approximate surface area is 105 Å². The minimum Gasteiger partial charge on any atom is -0.493 e. The lowest BCUT2D eigenvalue weighted by Crippen LogP contribution is -2.11. The SMILES string of the molecule is COc1cc(CCCO)cc(C(C)(F)F)c1OC. The maximum Gasteiger partial charge on any atom is 0.274 e. The van der Waals surface area contributed by atoms with E-state index in [0.29, 0.717) is 18.4 Å². The van der Waals surface area contributed by atoms with Gasteiger partial charge in [0.1, 0.15) is 0 Å². The van der Waals surface area contributed by atoms with E-state index in [2.05, 4.69) is 0 Å². The Morgan fingerprint density at radius 3 is 2.33 bits per heavy atom. The molecule has 1 aromatic rings. The molecule has 0 saturated carbocycles. The largest absolute Gasteiger partial charge is 0.493 e. The van der Waals surface area contributed by atoms with E-state index in [4.69, 9.17) is 14.6 Å². The zero-order valence-corrected chi connectivity index (χ0v) is 10.8. The summed E-state index contributed by atoms with van der Waals surface area (Å²) in [5, 5.41) is 8.78. The van der Waals surface area contributed by atoms with Gasteiger partial charge in [-0.1, -0.05) is 0 Å². The van der Waals surface area contributed by atoms with Crippen LogP contribution in [0.3, 0.4) is 0 Å². The Morgan fingerprint density at radius 2 is 1.89 bits per heavy atom. The van der Waals surface area contributed by atoms with Gasteiger partial charge >= 0.3 is 0 Å². The smallest absolute Gasteiger partial charge is 0.274 e. The number of hydrogen-bond donors (Lipinski definition) is 1. The fraction of sp³-hybridized carbons (Fsp3) is 0.538. The van der Waals surface area contributed by atoms with Gasteiger partial charge < -0.3 is 14.6 Å². The van der Waals surface area contributed by atoms with Crippen molar-refractivity contribution in [1.29, 1.82) is 0 Å². The van der Waals surface area contributed by atoms with Crippen LogP contribution in [0.2, 0.25) is 0 Å². The van der Waals surface area contributed by atoms with Crippen LogP contribution in [0.15, 0.2) is 12.1 Å². The normalized spacial score (nSPS) is 11.4. The van der Waals surface area contributed by atoms with E-state index in [9.17, 15) is 8.78 Å². The summed E-state index contributed by atoms with van der Waals surface area (Å²) >= 11 is 0. The Kier molecular flexibility index (Phi) is 4.90. The second kappa shape index (κ2) is 6.00. The highest BCUT2D eigenvalue weighted by Crippen LogP contribution is 2.41. The fourth-order valence-electron chi connectivity index (χ4n) is 1.78. The molecule has 0 amide bonds. The number of methoxy groups -OCH3 is 2. The molecule has 1 rings (SSSR count). The Hall–Kier alpha value is -1.36. The van der Waals surface area contributed by atoms with Crippen LogP contribution >= 0.6 is 0 Å². The Balaban J connectivity index is 3.27. The molecule has 1 N–H and O–H groups in total. The monoisotopic (exact) mass is 260 g/mol. The van der Waals surface area contributed by atoms with Gasteiger partial charge in [-0.15, -0.1) is 0 Å². The summed E-state index contributed by atoms with van der Waals surface area (Å²) in [5.74, 6) is -2.67. The molecule has 0 bridgehead atoms. The molecule has 0 saturated heterocycles. The fourth-order valence-corrected chi connectivity index (χ4v) is 1.78. The van der Waals surface area contributed by atoms with Crippen LogP contribution in [-0.4, -0.2) is 25.9 Å². The first-order valence-corrected chi connectivity index (χ1v) is 5.68. The molecule has 0 aliphatic rings. The van der Waals surface area contributed by atoms with E-state index in [1.54, 1.807) is 6.07 Å². The lowest BCUT2D eigenvalue weighted by Gasteiger charge is -2.19. The van der Waals surface area contributed by atoms with E-state index >= 15 is 0 Å². The van der Waals surface area contributed by atoms with E-state index in [-0.39, 0.29) is 23.7 Å². The quantitative estimate of drug-likeness (QED) is 0.854. The van der Waals surface area contributed by atoms with Crippen LogP contribution in [0.25, 0.3) is 0 Å². The van der Waals surface area contributed by atoms with E-state index < -0.39 is 5.92 Å². The van der Waals surface area contributed by atoms with Gasteiger partial charge in [0.2, 0.25) is 0 Å². The maximum atomic E-state index is 13.5. The first kappa shape index (κ1) is 14.7. The number of aliphatic hydroxyl groups is 1. The lowest BCUT2D eigenvalue weighted by atomic mass is 10.0. The maximum absolute atomic E-state index is 13.5. The average Bonchev–Trinajstić information content (AvgIpc) is 2.33. The molecular formula is C13H18F2O3. The highest BCUT2D eigenvalue weighted by atomic mass is 19.3. The summed E-state index contributed by atoms with van der Waals surface area (Å²) in [5.41, 5.74) is 0.496. The van der Waals surface area contributed by atoms with Crippen molar-refractivity contribution in [2.45, 2.75) is 25.7 Å². The molecule has 1 aromatic carbocycles. The van der Waals surface area contributed by atoms with Gasteiger partial charge in [0.05, 0.1) is 19.8 Å². The predicted octanol–water partition coefficient (Wildman–Crippen LogP) is 2.74. The molecule has 5 heteroatoms. The van der Waals surface area contributed by atoms with Crippen LogP contribution in [0.4, 0.5) is 8.78 Å². The third-order valence-electron chi connectivity index (χ3n) is 2.64. The Morgan fingerprint density at radius 1 is 1.22 bits per heavy atom. The van der Waals surface area contributed by atoms with E-state index in [1.807, 2.05) is 0 Å². The molecule has 0 unspecified atom stereocenters. The third-order valence-corrected chi connectivity index (χ3v) is 2.64. The molecule has 0 aliphatic carbocycles. The molecule has 0 aliphatic heterocycles. The van der Waals surface area contributed by atoms with Gasteiger partial charge in [-0.3, -0.25) is 0 Å². The molecule has 0 aromatic heterocycles. The van der Waals surface area contributed by atoms with Crippen LogP contribution < -0.4 is 9.47 Å². The molecule has 0 spiro atoms. The molecular weight excluding hydrogens is 242 g/mol. The van der Waals surface area contributed by atoms with Gasteiger partial charge in [-0.05, 0) is 30.5 Å². The summed E-state index contributed by atoms with van der Waals surface area (Å²) in [6.07, 6.45) is 1.03. The molecule has 0 fully saturated rings. The lowest BCUT2D eigenvalue weighted by molar-refractivity contribution is 0.0146. The van der Waals surface area contributed by atoms with Crippen molar-refractivity contribution >= 4 is 0 Å². The number of benzene rings is 1. The van der Waals surface area contributed by atoms with Crippen molar-refractivity contribution in [3.63, 3.8) is 0 Å².